The van der Waals surface area contributed by atoms with E-state index < -0.39 is 0 Å². The molecule has 0 spiro atoms. The normalized spacial score (nSPS) is 17.1. The zero-order valence-electron chi connectivity index (χ0n) is 14.9. The number of aryl methyl sites for hydroxylation is 1. The summed E-state index contributed by atoms with van der Waals surface area (Å²) in [5.41, 5.74) is 1.32. The van der Waals surface area contributed by atoms with Gasteiger partial charge >= 0.3 is 6.03 Å². The Morgan fingerprint density at radius 3 is 2.72 bits per heavy atom. The fraction of sp³-hybridized carbons (Fsp3) is 0.500. The van der Waals surface area contributed by atoms with Crippen LogP contribution in [-0.4, -0.2) is 56.8 Å². The molecule has 0 saturated carbocycles. The van der Waals surface area contributed by atoms with Crippen molar-refractivity contribution in [2.75, 3.05) is 26.2 Å². The third-order valence-corrected chi connectivity index (χ3v) is 4.60. The van der Waals surface area contributed by atoms with Crippen molar-refractivity contribution in [1.82, 2.24) is 29.9 Å². The molecule has 0 aliphatic carbocycles. The van der Waals surface area contributed by atoms with Crippen LogP contribution in [0, 0.1) is 0 Å². The van der Waals surface area contributed by atoms with E-state index in [1.165, 1.54) is 5.56 Å². The molecular formula is C18H26N6O. The van der Waals surface area contributed by atoms with Crippen molar-refractivity contribution in [1.29, 1.82) is 0 Å². The quantitative estimate of drug-likeness (QED) is 0.920. The van der Waals surface area contributed by atoms with Gasteiger partial charge in [0.15, 0.2) is 5.82 Å². The monoisotopic (exact) mass is 342 g/mol. The number of urea groups is 1. The first kappa shape index (κ1) is 17.4. The number of benzene rings is 1. The Morgan fingerprint density at radius 2 is 2.00 bits per heavy atom. The zero-order valence-corrected chi connectivity index (χ0v) is 14.9. The fourth-order valence-electron chi connectivity index (χ4n) is 3.20. The molecule has 0 unspecified atom stereocenters. The Labute approximate surface area is 148 Å². The van der Waals surface area contributed by atoms with E-state index in [9.17, 15) is 4.79 Å². The lowest BCUT2D eigenvalue weighted by atomic mass is 10.2. The maximum absolute atomic E-state index is 12.6. The Morgan fingerprint density at radius 1 is 1.20 bits per heavy atom. The van der Waals surface area contributed by atoms with Gasteiger partial charge in [-0.05, 0) is 18.9 Å². The van der Waals surface area contributed by atoms with Gasteiger partial charge in [-0.3, -0.25) is 4.90 Å². The molecule has 1 atom stereocenters. The highest BCUT2D eigenvalue weighted by Gasteiger charge is 2.22. The summed E-state index contributed by atoms with van der Waals surface area (Å²) in [7, 11) is 1.88. The molecule has 7 heteroatoms. The third-order valence-electron chi connectivity index (χ3n) is 4.60. The number of hydrogen-bond acceptors (Lipinski definition) is 4. The van der Waals surface area contributed by atoms with Crippen LogP contribution in [0.4, 0.5) is 4.79 Å². The number of carbonyl (C=O) groups is 1. The second kappa shape index (κ2) is 8.11. The molecule has 2 heterocycles. The Balaban J connectivity index is 1.52. The lowest BCUT2D eigenvalue weighted by Gasteiger charge is -2.24. The van der Waals surface area contributed by atoms with Crippen molar-refractivity contribution in [3.8, 4) is 0 Å². The van der Waals surface area contributed by atoms with Crippen LogP contribution in [-0.2, 0) is 13.6 Å². The highest BCUT2D eigenvalue weighted by molar-refractivity contribution is 5.74. The average Bonchev–Trinajstić information content (AvgIpc) is 2.90. The summed E-state index contributed by atoms with van der Waals surface area (Å²) in [6.07, 6.45) is 2.63. The lowest BCUT2D eigenvalue weighted by Crippen LogP contribution is -2.43. The number of nitrogens with zero attached hydrogens (tertiary/aromatic N) is 5. The molecule has 2 amide bonds. The van der Waals surface area contributed by atoms with Crippen LogP contribution in [0.1, 0.15) is 30.8 Å². The van der Waals surface area contributed by atoms with Crippen LogP contribution in [0.5, 0.6) is 0 Å². The van der Waals surface area contributed by atoms with Crippen LogP contribution >= 0.6 is 0 Å². The SMILES string of the molecule is C[C@H](NC(=O)N1CCCN(Cc2ccccc2)CC1)c1nncn1C. The predicted molar refractivity (Wildman–Crippen MR) is 95.9 cm³/mol. The van der Waals surface area contributed by atoms with Crippen LogP contribution in [0.3, 0.4) is 0 Å². The van der Waals surface area contributed by atoms with Gasteiger partial charge in [0.1, 0.15) is 6.33 Å². The minimum Gasteiger partial charge on any atom is -0.328 e. The summed E-state index contributed by atoms with van der Waals surface area (Å²) >= 11 is 0. The molecule has 1 aliphatic rings. The molecular weight excluding hydrogens is 316 g/mol. The van der Waals surface area contributed by atoms with Gasteiger partial charge in [-0.25, -0.2) is 4.79 Å². The molecule has 1 N–H and O–H groups in total. The van der Waals surface area contributed by atoms with Gasteiger partial charge in [0.2, 0.25) is 0 Å². The lowest BCUT2D eigenvalue weighted by molar-refractivity contribution is 0.194. The maximum Gasteiger partial charge on any atom is 0.318 e. The molecule has 7 nitrogen and oxygen atoms in total. The summed E-state index contributed by atoms with van der Waals surface area (Å²) in [4.78, 5) is 16.9. The van der Waals surface area contributed by atoms with Crippen molar-refractivity contribution >= 4 is 6.03 Å². The van der Waals surface area contributed by atoms with Crippen molar-refractivity contribution in [2.45, 2.75) is 25.9 Å². The van der Waals surface area contributed by atoms with E-state index in [1.54, 1.807) is 6.33 Å². The highest BCUT2D eigenvalue weighted by atomic mass is 16.2. The van der Waals surface area contributed by atoms with E-state index in [-0.39, 0.29) is 12.1 Å². The van der Waals surface area contributed by atoms with Crippen molar-refractivity contribution in [2.24, 2.45) is 7.05 Å². The molecule has 25 heavy (non-hydrogen) atoms. The number of nitrogens with one attached hydrogen (secondary N) is 1. The summed E-state index contributed by atoms with van der Waals surface area (Å²) in [6.45, 7) is 6.29. The summed E-state index contributed by atoms with van der Waals surface area (Å²) in [5.74, 6) is 0.758. The van der Waals surface area contributed by atoms with E-state index >= 15 is 0 Å². The number of rotatable bonds is 4. The number of aromatic nitrogens is 3. The van der Waals surface area contributed by atoms with Gasteiger partial charge in [-0.15, -0.1) is 10.2 Å². The summed E-state index contributed by atoms with van der Waals surface area (Å²) < 4.78 is 1.83. The van der Waals surface area contributed by atoms with E-state index in [2.05, 4.69) is 44.7 Å². The molecule has 3 rings (SSSR count). The number of carbonyl (C=O) groups excluding carboxylic acids is 1. The third kappa shape index (κ3) is 4.57. The first-order valence-corrected chi connectivity index (χ1v) is 8.79. The summed E-state index contributed by atoms with van der Waals surface area (Å²) in [5, 5.41) is 11.0. The fourth-order valence-corrected chi connectivity index (χ4v) is 3.20. The second-order valence-electron chi connectivity index (χ2n) is 6.57. The van der Waals surface area contributed by atoms with Gasteiger partial charge in [-0.1, -0.05) is 30.3 Å². The van der Waals surface area contributed by atoms with E-state index in [1.807, 2.05) is 29.5 Å². The molecule has 1 fully saturated rings. The standard InChI is InChI=1S/C18H26N6O/c1-15(17-21-19-14-22(17)2)20-18(25)24-10-6-9-23(11-12-24)13-16-7-4-3-5-8-16/h3-5,7-8,14-15H,6,9-13H2,1-2H3,(H,20,25)/t15-/m0/s1. The van der Waals surface area contributed by atoms with Crippen LogP contribution in [0.2, 0.25) is 0 Å². The Hall–Kier alpha value is -2.41. The van der Waals surface area contributed by atoms with Gasteiger partial charge in [0.25, 0.3) is 0 Å². The smallest absolute Gasteiger partial charge is 0.318 e. The van der Waals surface area contributed by atoms with E-state index in [0.29, 0.717) is 0 Å². The van der Waals surface area contributed by atoms with Crippen molar-refractivity contribution < 1.29 is 4.79 Å². The van der Waals surface area contributed by atoms with E-state index in [4.69, 9.17) is 0 Å². The first-order chi connectivity index (χ1) is 12.1. The van der Waals surface area contributed by atoms with Gasteiger partial charge in [0, 0.05) is 39.8 Å². The topological polar surface area (TPSA) is 66.3 Å². The molecule has 1 aromatic heterocycles. The zero-order chi connectivity index (χ0) is 17.6. The number of amides is 2. The highest BCUT2D eigenvalue weighted by Crippen LogP contribution is 2.11. The molecule has 0 bridgehead atoms. The molecule has 1 aliphatic heterocycles. The van der Waals surface area contributed by atoms with E-state index in [0.717, 1.165) is 45.0 Å². The summed E-state index contributed by atoms with van der Waals surface area (Å²) in [6, 6.07) is 10.3. The minimum absolute atomic E-state index is 0.0305. The van der Waals surface area contributed by atoms with Gasteiger partial charge in [-0.2, -0.15) is 0 Å². The molecule has 1 saturated heterocycles. The predicted octanol–water partition coefficient (Wildman–Crippen LogP) is 1.79. The van der Waals surface area contributed by atoms with Gasteiger partial charge in [0.05, 0.1) is 6.04 Å². The molecule has 1 aromatic carbocycles. The van der Waals surface area contributed by atoms with Crippen LogP contribution in [0.25, 0.3) is 0 Å². The second-order valence-corrected chi connectivity index (χ2v) is 6.57. The maximum atomic E-state index is 12.6. The molecule has 2 aromatic rings. The average molecular weight is 342 g/mol. The Bertz CT molecular complexity index is 686. The Kier molecular flexibility index (Phi) is 5.65. The first-order valence-electron chi connectivity index (χ1n) is 8.79. The van der Waals surface area contributed by atoms with Crippen LogP contribution < -0.4 is 5.32 Å². The van der Waals surface area contributed by atoms with Crippen LogP contribution in [0.15, 0.2) is 36.7 Å². The largest absolute Gasteiger partial charge is 0.328 e. The van der Waals surface area contributed by atoms with Gasteiger partial charge < -0.3 is 14.8 Å². The molecule has 134 valence electrons. The minimum atomic E-state index is -0.163. The molecule has 0 radical (unpaired) electrons. The van der Waals surface area contributed by atoms with Crippen molar-refractivity contribution in [3.05, 3.63) is 48.0 Å². The van der Waals surface area contributed by atoms with Crippen molar-refractivity contribution in [3.63, 3.8) is 0 Å². The number of hydrogen-bond donors (Lipinski definition) is 1.